The number of benzene rings is 2. The molecule has 2 rings (SSSR count). The van der Waals surface area contributed by atoms with Gasteiger partial charge in [0.15, 0.2) is 11.9 Å². The maximum absolute atomic E-state index is 12.2. The molecule has 0 aliphatic carbocycles. The van der Waals surface area contributed by atoms with Gasteiger partial charge in [0, 0.05) is 5.56 Å². The summed E-state index contributed by atoms with van der Waals surface area (Å²) in [5.74, 6) is 0.251. The Morgan fingerprint density at radius 3 is 2.20 bits per heavy atom. The molecule has 0 heterocycles. The van der Waals surface area contributed by atoms with E-state index in [2.05, 4.69) is 0 Å². The molecular weight excluding hydrogens is 252 g/mol. The standard InChI is InChI=1S/C17H16O3/c1-12(18)15-10-6-7-11-16(15)20-13(2)17(19)14-8-4-3-5-9-14/h3-11,13H,1-2H3. The highest BCUT2D eigenvalue weighted by Crippen LogP contribution is 2.20. The summed E-state index contributed by atoms with van der Waals surface area (Å²) in [6, 6.07) is 15.9. The number of ketones is 2. The zero-order valence-electron chi connectivity index (χ0n) is 11.5. The summed E-state index contributed by atoms with van der Waals surface area (Å²) in [5.41, 5.74) is 1.08. The van der Waals surface area contributed by atoms with Crippen molar-refractivity contribution < 1.29 is 14.3 Å². The van der Waals surface area contributed by atoms with Gasteiger partial charge in [-0.25, -0.2) is 0 Å². The number of Topliss-reactive ketones (excluding diaryl/α,β-unsaturated/α-hetero) is 2. The second kappa shape index (κ2) is 6.15. The Morgan fingerprint density at radius 1 is 0.950 bits per heavy atom. The second-order valence-corrected chi connectivity index (χ2v) is 4.54. The van der Waals surface area contributed by atoms with Crippen LogP contribution >= 0.6 is 0 Å². The molecule has 0 amide bonds. The van der Waals surface area contributed by atoms with Gasteiger partial charge in [-0.05, 0) is 26.0 Å². The average molecular weight is 268 g/mol. The first-order chi connectivity index (χ1) is 9.59. The predicted molar refractivity (Wildman–Crippen MR) is 77.3 cm³/mol. The van der Waals surface area contributed by atoms with E-state index in [-0.39, 0.29) is 11.6 Å². The lowest BCUT2D eigenvalue weighted by Gasteiger charge is -2.15. The first kappa shape index (κ1) is 14.0. The summed E-state index contributed by atoms with van der Waals surface area (Å²) in [5, 5.41) is 0. The van der Waals surface area contributed by atoms with Gasteiger partial charge in [0.05, 0.1) is 5.56 Å². The summed E-state index contributed by atoms with van der Waals surface area (Å²) in [7, 11) is 0. The molecule has 0 saturated heterocycles. The minimum absolute atomic E-state index is 0.0834. The van der Waals surface area contributed by atoms with Crippen LogP contribution in [0.25, 0.3) is 0 Å². The van der Waals surface area contributed by atoms with E-state index in [1.807, 2.05) is 18.2 Å². The quantitative estimate of drug-likeness (QED) is 0.779. The number of hydrogen-bond donors (Lipinski definition) is 0. The molecule has 2 aromatic rings. The molecule has 0 bridgehead atoms. The highest BCUT2D eigenvalue weighted by molar-refractivity contribution is 6.00. The molecule has 20 heavy (non-hydrogen) atoms. The molecule has 102 valence electrons. The molecule has 0 spiro atoms. The number of ether oxygens (including phenoxy) is 1. The zero-order valence-corrected chi connectivity index (χ0v) is 11.5. The lowest BCUT2D eigenvalue weighted by molar-refractivity contribution is 0.0811. The van der Waals surface area contributed by atoms with Crippen LogP contribution in [0.5, 0.6) is 5.75 Å². The number of carbonyl (C=O) groups excluding carboxylic acids is 2. The monoisotopic (exact) mass is 268 g/mol. The van der Waals surface area contributed by atoms with Crippen molar-refractivity contribution in [3.63, 3.8) is 0 Å². The minimum Gasteiger partial charge on any atom is -0.482 e. The second-order valence-electron chi connectivity index (χ2n) is 4.54. The van der Waals surface area contributed by atoms with Crippen molar-refractivity contribution in [3.8, 4) is 5.75 Å². The summed E-state index contributed by atoms with van der Waals surface area (Å²) in [6.45, 7) is 3.16. The van der Waals surface area contributed by atoms with Crippen molar-refractivity contribution in [2.45, 2.75) is 20.0 Å². The van der Waals surface area contributed by atoms with E-state index >= 15 is 0 Å². The van der Waals surface area contributed by atoms with Gasteiger partial charge in [-0.2, -0.15) is 0 Å². The van der Waals surface area contributed by atoms with E-state index < -0.39 is 6.10 Å². The largest absolute Gasteiger partial charge is 0.482 e. The number of rotatable bonds is 5. The van der Waals surface area contributed by atoms with E-state index in [1.165, 1.54) is 6.92 Å². The summed E-state index contributed by atoms with van der Waals surface area (Å²) in [6.07, 6.45) is -0.641. The van der Waals surface area contributed by atoms with Crippen molar-refractivity contribution in [1.29, 1.82) is 0 Å². The van der Waals surface area contributed by atoms with Gasteiger partial charge < -0.3 is 4.74 Å². The van der Waals surface area contributed by atoms with Crippen molar-refractivity contribution in [1.82, 2.24) is 0 Å². The third-order valence-electron chi connectivity index (χ3n) is 3.00. The van der Waals surface area contributed by atoms with Gasteiger partial charge in [-0.1, -0.05) is 42.5 Å². The van der Waals surface area contributed by atoms with E-state index in [1.54, 1.807) is 43.3 Å². The Kier molecular flexibility index (Phi) is 4.31. The highest BCUT2D eigenvalue weighted by atomic mass is 16.5. The molecule has 0 radical (unpaired) electrons. The van der Waals surface area contributed by atoms with E-state index in [9.17, 15) is 9.59 Å². The third kappa shape index (κ3) is 3.12. The maximum Gasteiger partial charge on any atom is 0.202 e. The van der Waals surface area contributed by atoms with Gasteiger partial charge in [-0.3, -0.25) is 9.59 Å². The predicted octanol–water partition coefficient (Wildman–Crippen LogP) is 3.54. The molecule has 1 unspecified atom stereocenters. The topological polar surface area (TPSA) is 43.4 Å². The van der Waals surface area contributed by atoms with Crippen LogP contribution in [-0.4, -0.2) is 17.7 Å². The summed E-state index contributed by atoms with van der Waals surface area (Å²) in [4.78, 5) is 23.7. The Bertz CT molecular complexity index is 617. The van der Waals surface area contributed by atoms with Crippen LogP contribution in [-0.2, 0) is 0 Å². The lowest BCUT2D eigenvalue weighted by atomic mass is 10.1. The van der Waals surface area contributed by atoms with Gasteiger partial charge in [0.1, 0.15) is 5.75 Å². The molecule has 0 saturated carbocycles. The van der Waals surface area contributed by atoms with Crippen LogP contribution in [0.4, 0.5) is 0 Å². The fourth-order valence-corrected chi connectivity index (χ4v) is 1.94. The average Bonchev–Trinajstić information content (AvgIpc) is 2.47. The Balaban J connectivity index is 2.18. The van der Waals surface area contributed by atoms with E-state index in [4.69, 9.17) is 4.74 Å². The minimum atomic E-state index is -0.641. The Morgan fingerprint density at radius 2 is 1.55 bits per heavy atom. The SMILES string of the molecule is CC(=O)c1ccccc1OC(C)C(=O)c1ccccc1. The molecule has 3 heteroatoms. The molecule has 3 nitrogen and oxygen atoms in total. The van der Waals surface area contributed by atoms with Crippen LogP contribution in [0.3, 0.4) is 0 Å². The van der Waals surface area contributed by atoms with Crippen molar-refractivity contribution in [2.24, 2.45) is 0 Å². The zero-order chi connectivity index (χ0) is 14.5. The Labute approximate surface area is 118 Å². The van der Waals surface area contributed by atoms with E-state index in [0.717, 1.165) is 0 Å². The number of para-hydroxylation sites is 1. The third-order valence-corrected chi connectivity index (χ3v) is 3.00. The summed E-state index contributed by atoms with van der Waals surface area (Å²) >= 11 is 0. The van der Waals surface area contributed by atoms with E-state index in [0.29, 0.717) is 16.9 Å². The molecular formula is C17H16O3. The molecule has 0 aliphatic heterocycles. The van der Waals surface area contributed by atoms with Crippen molar-refractivity contribution >= 4 is 11.6 Å². The van der Waals surface area contributed by atoms with Gasteiger partial charge in [0.2, 0.25) is 5.78 Å². The molecule has 1 atom stereocenters. The van der Waals surface area contributed by atoms with Gasteiger partial charge >= 0.3 is 0 Å². The molecule has 0 aliphatic rings. The van der Waals surface area contributed by atoms with Crippen LogP contribution in [0.1, 0.15) is 34.6 Å². The summed E-state index contributed by atoms with van der Waals surface area (Å²) < 4.78 is 5.65. The van der Waals surface area contributed by atoms with Crippen LogP contribution in [0, 0.1) is 0 Å². The fraction of sp³-hybridized carbons (Fsp3) is 0.176. The van der Waals surface area contributed by atoms with Gasteiger partial charge in [-0.15, -0.1) is 0 Å². The lowest BCUT2D eigenvalue weighted by Crippen LogP contribution is -2.24. The van der Waals surface area contributed by atoms with Crippen molar-refractivity contribution in [2.75, 3.05) is 0 Å². The number of carbonyl (C=O) groups is 2. The van der Waals surface area contributed by atoms with Crippen LogP contribution < -0.4 is 4.74 Å². The molecule has 0 fully saturated rings. The molecule has 0 aromatic heterocycles. The smallest absolute Gasteiger partial charge is 0.202 e. The first-order valence-electron chi connectivity index (χ1n) is 6.45. The maximum atomic E-state index is 12.2. The molecule has 2 aromatic carbocycles. The first-order valence-corrected chi connectivity index (χ1v) is 6.45. The normalized spacial score (nSPS) is 11.7. The molecule has 0 N–H and O–H groups in total. The van der Waals surface area contributed by atoms with Crippen LogP contribution in [0.2, 0.25) is 0 Å². The Hall–Kier alpha value is -2.42. The van der Waals surface area contributed by atoms with Crippen molar-refractivity contribution in [3.05, 3.63) is 65.7 Å². The number of hydrogen-bond acceptors (Lipinski definition) is 3. The highest BCUT2D eigenvalue weighted by Gasteiger charge is 2.18. The van der Waals surface area contributed by atoms with Crippen LogP contribution in [0.15, 0.2) is 54.6 Å². The fourth-order valence-electron chi connectivity index (χ4n) is 1.94. The van der Waals surface area contributed by atoms with Gasteiger partial charge in [0.25, 0.3) is 0 Å².